The molecule has 0 spiro atoms. The molecular formula is C33H41N7O3. The van der Waals surface area contributed by atoms with E-state index >= 15 is 0 Å². The lowest BCUT2D eigenvalue weighted by molar-refractivity contribution is 0.0226. The molecule has 0 N–H and O–H groups in total. The number of amides is 1. The van der Waals surface area contributed by atoms with E-state index in [0.29, 0.717) is 38.3 Å². The van der Waals surface area contributed by atoms with E-state index < -0.39 is 17.7 Å². The highest BCUT2D eigenvalue weighted by Crippen LogP contribution is 2.35. The fraction of sp³-hybridized carbons (Fsp3) is 0.515. The second kappa shape index (κ2) is 11.9. The third-order valence-electron chi connectivity index (χ3n) is 8.66. The minimum Gasteiger partial charge on any atom is -0.462 e. The van der Waals surface area contributed by atoms with Gasteiger partial charge >= 0.3 is 12.1 Å². The summed E-state index contributed by atoms with van der Waals surface area (Å²) in [5, 5.41) is 12.7. The highest BCUT2D eigenvalue weighted by Gasteiger charge is 2.36. The standard InChI is InChI=1S/C33H41N7O3/c1-33(2,3)43-32(41)39-17-18-40(25(19-34)20-39)30-27-14-16-38(29-13-7-10-23-9-5-6-12-26(23)29)21-28(27)35-31(36-30)42-22-24-11-8-15-37(24)4/h5-7,9-10,12-13,24-25H,8,11,14-18,20-22H2,1-4H3/t24-,25-/m0/s1. The summed E-state index contributed by atoms with van der Waals surface area (Å²) in [4.78, 5) is 31.1. The van der Waals surface area contributed by atoms with E-state index in [1.54, 1.807) is 4.90 Å². The number of carbonyl (C=O) groups excluding carboxylic acids is 1. The SMILES string of the molecule is CN1CCC[C@H]1COc1nc2c(c(N3CCN(C(=O)OC(C)(C)C)C[C@@H]3C#N)n1)CCN(c1cccc3ccccc13)C2. The number of ether oxygens (including phenoxy) is 2. The van der Waals surface area contributed by atoms with Crippen LogP contribution in [-0.2, 0) is 17.7 Å². The molecule has 0 radical (unpaired) electrons. The molecule has 0 unspecified atom stereocenters. The molecule has 1 aromatic heterocycles. The first kappa shape index (κ1) is 29.0. The summed E-state index contributed by atoms with van der Waals surface area (Å²) in [7, 11) is 2.13. The van der Waals surface area contributed by atoms with E-state index in [-0.39, 0.29) is 6.54 Å². The lowest BCUT2D eigenvalue weighted by Gasteiger charge is -2.41. The van der Waals surface area contributed by atoms with Crippen LogP contribution in [0.2, 0.25) is 0 Å². The molecular weight excluding hydrogens is 542 g/mol. The van der Waals surface area contributed by atoms with Crippen molar-refractivity contribution < 1.29 is 14.3 Å². The molecule has 0 aliphatic carbocycles. The van der Waals surface area contributed by atoms with Gasteiger partial charge in [-0.25, -0.2) is 4.79 Å². The van der Waals surface area contributed by atoms with Crippen molar-refractivity contribution in [2.45, 2.75) is 64.3 Å². The van der Waals surface area contributed by atoms with Crippen molar-refractivity contribution in [3.8, 4) is 12.1 Å². The minimum absolute atomic E-state index is 0.245. The number of likely N-dealkylation sites (N-methyl/N-ethyl adjacent to an activating group) is 1. The summed E-state index contributed by atoms with van der Waals surface area (Å²) < 4.78 is 11.9. The molecule has 43 heavy (non-hydrogen) atoms. The van der Waals surface area contributed by atoms with E-state index in [4.69, 9.17) is 19.4 Å². The van der Waals surface area contributed by atoms with Gasteiger partial charge in [0.15, 0.2) is 0 Å². The molecule has 226 valence electrons. The Morgan fingerprint density at radius 1 is 1.07 bits per heavy atom. The molecule has 2 aromatic carbocycles. The summed E-state index contributed by atoms with van der Waals surface area (Å²) in [5.41, 5.74) is 2.55. The molecule has 2 saturated heterocycles. The average molecular weight is 584 g/mol. The number of likely N-dealkylation sites (tertiary alicyclic amines) is 1. The van der Waals surface area contributed by atoms with Gasteiger partial charge in [-0.2, -0.15) is 15.2 Å². The Kier molecular flexibility index (Phi) is 8.01. The number of aromatic nitrogens is 2. The number of piperazine rings is 1. The Morgan fingerprint density at radius 3 is 2.65 bits per heavy atom. The molecule has 1 amide bonds. The van der Waals surface area contributed by atoms with Gasteiger partial charge in [-0.05, 0) is 65.1 Å². The highest BCUT2D eigenvalue weighted by atomic mass is 16.6. The minimum atomic E-state index is -0.600. The maximum Gasteiger partial charge on any atom is 0.410 e. The molecule has 0 saturated carbocycles. The molecule has 2 fully saturated rings. The maximum absolute atomic E-state index is 12.8. The van der Waals surface area contributed by atoms with Gasteiger partial charge in [0, 0.05) is 42.3 Å². The largest absolute Gasteiger partial charge is 0.462 e. The third kappa shape index (κ3) is 6.18. The Bertz CT molecular complexity index is 1530. The average Bonchev–Trinajstić information content (AvgIpc) is 3.42. The predicted octanol–water partition coefficient (Wildman–Crippen LogP) is 4.61. The van der Waals surface area contributed by atoms with Crippen molar-refractivity contribution in [3.05, 3.63) is 53.7 Å². The van der Waals surface area contributed by atoms with Crippen LogP contribution in [0.4, 0.5) is 16.3 Å². The number of nitriles is 1. The number of fused-ring (bicyclic) bond motifs is 2. The lowest BCUT2D eigenvalue weighted by atomic mass is 10.0. The number of carbonyl (C=O) groups is 1. The zero-order valence-electron chi connectivity index (χ0n) is 25.6. The summed E-state index contributed by atoms with van der Waals surface area (Å²) in [5.74, 6) is 0.743. The number of nitrogens with zero attached hydrogens (tertiary/aromatic N) is 7. The molecule has 4 heterocycles. The Hall–Kier alpha value is -4.10. The van der Waals surface area contributed by atoms with E-state index in [2.05, 4.69) is 65.4 Å². The number of anilines is 2. The topological polar surface area (TPSA) is 98.1 Å². The predicted molar refractivity (Wildman–Crippen MR) is 166 cm³/mol. The van der Waals surface area contributed by atoms with Crippen LogP contribution >= 0.6 is 0 Å². The summed E-state index contributed by atoms with van der Waals surface area (Å²) >= 11 is 0. The van der Waals surface area contributed by atoms with E-state index in [1.165, 1.54) is 16.5 Å². The number of benzene rings is 2. The van der Waals surface area contributed by atoms with Crippen LogP contribution in [0.5, 0.6) is 6.01 Å². The van der Waals surface area contributed by atoms with Gasteiger partial charge in [0.25, 0.3) is 0 Å². The summed E-state index contributed by atoms with van der Waals surface area (Å²) in [6.45, 7) is 9.72. The summed E-state index contributed by atoms with van der Waals surface area (Å²) in [6, 6.07) is 17.4. The molecule has 3 aromatic rings. The first-order chi connectivity index (χ1) is 20.7. The van der Waals surface area contributed by atoms with Crippen LogP contribution in [0, 0.1) is 11.3 Å². The number of hydrogen-bond donors (Lipinski definition) is 0. The fourth-order valence-electron chi connectivity index (χ4n) is 6.38. The first-order valence-corrected chi connectivity index (χ1v) is 15.3. The zero-order chi connectivity index (χ0) is 30.1. The van der Waals surface area contributed by atoms with Gasteiger partial charge in [0.05, 0.1) is 24.9 Å². The quantitative estimate of drug-likeness (QED) is 0.426. The molecule has 10 nitrogen and oxygen atoms in total. The van der Waals surface area contributed by atoms with E-state index in [0.717, 1.165) is 49.4 Å². The third-order valence-corrected chi connectivity index (χ3v) is 8.66. The normalized spacial score (nSPS) is 21.0. The zero-order valence-corrected chi connectivity index (χ0v) is 25.6. The van der Waals surface area contributed by atoms with Gasteiger partial charge in [-0.3, -0.25) is 0 Å². The molecule has 2 atom stereocenters. The van der Waals surface area contributed by atoms with Crippen LogP contribution in [0.1, 0.15) is 44.9 Å². The molecule has 0 bridgehead atoms. The van der Waals surface area contributed by atoms with E-state index in [9.17, 15) is 10.1 Å². The Morgan fingerprint density at radius 2 is 1.88 bits per heavy atom. The van der Waals surface area contributed by atoms with Crippen molar-refractivity contribution in [2.75, 3.05) is 56.2 Å². The monoisotopic (exact) mass is 583 g/mol. The van der Waals surface area contributed by atoms with Crippen LogP contribution in [-0.4, -0.2) is 89.9 Å². The molecule has 3 aliphatic rings. The molecule has 10 heteroatoms. The number of rotatable bonds is 5. The van der Waals surface area contributed by atoms with Gasteiger partial charge in [0.1, 0.15) is 24.1 Å². The van der Waals surface area contributed by atoms with Crippen molar-refractivity contribution in [2.24, 2.45) is 0 Å². The molecule has 3 aliphatic heterocycles. The van der Waals surface area contributed by atoms with Crippen molar-refractivity contribution in [1.82, 2.24) is 19.8 Å². The van der Waals surface area contributed by atoms with E-state index in [1.807, 2.05) is 25.7 Å². The van der Waals surface area contributed by atoms with Crippen LogP contribution < -0.4 is 14.5 Å². The van der Waals surface area contributed by atoms with Gasteiger partial charge in [-0.1, -0.05) is 36.4 Å². The Labute approximate surface area is 253 Å². The lowest BCUT2D eigenvalue weighted by Crippen LogP contribution is -2.56. The van der Waals surface area contributed by atoms with Gasteiger partial charge in [-0.15, -0.1) is 0 Å². The molecule has 6 rings (SSSR count). The van der Waals surface area contributed by atoms with Crippen molar-refractivity contribution in [1.29, 1.82) is 5.26 Å². The second-order valence-corrected chi connectivity index (χ2v) is 12.8. The van der Waals surface area contributed by atoms with Crippen LogP contribution in [0.15, 0.2) is 42.5 Å². The smallest absolute Gasteiger partial charge is 0.410 e. The van der Waals surface area contributed by atoms with Crippen LogP contribution in [0.3, 0.4) is 0 Å². The number of hydrogen-bond acceptors (Lipinski definition) is 9. The van der Waals surface area contributed by atoms with Gasteiger partial charge < -0.3 is 29.1 Å². The van der Waals surface area contributed by atoms with Crippen LogP contribution in [0.25, 0.3) is 10.8 Å². The fourth-order valence-corrected chi connectivity index (χ4v) is 6.38. The Balaban J connectivity index is 1.31. The summed E-state index contributed by atoms with van der Waals surface area (Å²) in [6.07, 6.45) is 2.59. The second-order valence-electron chi connectivity index (χ2n) is 12.8. The maximum atomic E-state index is 12.8. The van der Waals surface area contributed by atoms with Crippen molar-refractivity contribution in [3.63, 3.8) is 0 Å². The first-order valence-electron chi connectivity index (χ1n) is 15.3. The highest BCUT2D eigenvalue weighted by molar-refractivity contribution is 5.94. The van der Waals surface area contributed by atoms with Crippen molar-refractivity contribution >= 4 is 28.4 Å². The van der Waals surface area contributed by atoms with Gasteiger partial charge in [0.2, 0.25) is 0 Å².